The monoisotopic (exact) mass is 682 g/mol. The second-order valence-corrected chi connectivity index (χ2v) is 11.6. The molecule has 0 bridgehead atoms. The average molecular weight is 683 g/mol. The lowest BCUT2D eigenvalue weighted by Crippen LogP contribution is -2.51. The zero-order valence-electron chi connectivity index (χ0n) is 28.0. The Balaban J connectivity index is 0.000000333. The summed E-state index contributed by atoms with van der Waals surface area (Å²) in [5, 5.41) is 6.28. The van der Waals surface area contributed by atoms with Crippen molar-refractivity contribution < 1.29 is 36.2 Å². The fraction of sp³-hybridized carbons (Fsp3) is 0.562. The Morgan fingerprint density at radius 1 is 1.08 bits per heavy atom. The van der Waals surface area contributed by atoms with Crippen LogP contribution in [0.1, 0.15) is 51.2 Å². The van der Waals surface area contributed by atoms with E-state index in [1.807, 2.05) is 25.8 Å². The molecule has 2 aromatic heterocycles. The number of alkyl halides is 3. The van der Waals surface area contributed by atoms with E-state index in [0.29, 0.717) is 44.7 Å². The summed E-state index contributed by atoms with van der Waals surface area (Å²) < 4.78 is 83.3. The van der Waals surface area contributed by atoms with Crippen LogP contribution in [0.2, 0.25) is 0 Å². The Labute approximate surface area is 276 Å². The number of carbonyl (C=O) groups is 1. The van der Waals surface area contributed by atoms with E-state index >= 15 is 4.39 Å². The lowest BCUT2D eigenvalue weighted by molar-refractivity contribution is -0.138. The van der Waals surface area contributed by atoms with Crippen LogP contribution in [0.4, 0.5) is 33.5 Å². The summed E-state index contributed by atoms with van der Waals surface area (Å²) in [4.78, 5) is 27.8. The number of amides is 1. The molecule has 264 valence electrons. The van der Waals surface area contributed by atoms with Crippen LogP contribution in [0.3, 0.4) is 0 Å². The number of aromatic nitrogens is 3. The number of nitrogens with zero attached hydrogens (tertiary/aromatic N) is 5. The van der Waals surface area contributed by atoms with Crippen molar-refractivity contribution in [2.75, 3.05) is 64.5 Å². The number of piperazine rings is 1. The van der Waals surface area contributed by atoms with Crippen LogP contribution < -0.4 is 25.8 Å². The minimum absolute atomic E-state index is 0.0427. The number of methoxy groups -OCH3 is 1. The predicted octanol–water partition coefficient (Wildman–Crippen LogP) is 5.01. The minimum Gasteiger partial charge on any atom is -0.474 e. The van der Waals surface area contributed by atoms with Crippen molar-refractivity contribution in [3.8, 4) is 23.1 Å². The van der Waals surface area contributed by atoms with Gasteiger partial charge in [-0.1, -0.05) is 13.8 Å². The average Bonchev–Trinajstić information content (AvgIpc) is 3.48. The van der Waals surface area contributed by atoms with Gasteiger partial charge >= 0.3 is 12.2 Å². The van der Waals surface area contributed by atoms with Crippen molar-refractivity contribution in [3.05, 3.63) is 28.8 Å². The first kappa shape index (κ1) is 36.8. The second-order valence-electron chi connectivity index (χ2n) is 11.6. The summed E-state index contributed by atoms with van der Waals surface area (Å²) in [7, 11) is 3.17. The van der Waals surface area contributed by atoms with Crippen molar-refractivity contribution in [1.82, 2.24) is 30.1 Å². The highest BCUT2D eigenvalue weighted by Crippen LogP contribution is 2.44. The molecule has 6 rings (SSSR count). The molecule has 1 aromatic carbocycles. The minimum atomic E-state index is -5.02. The number of nitrogens with two attached hydrogens (primary N) is 1. The first-order valence-electron chi connectivity index (χ1n) is 16.0. The van der Waals surface area contributed by atoms with Gasteiger partial charge in [0.15, 0.2) is 5.82 Å². The van der Waals surface area contributed by atoms with Crippen molar-refractivity contribution >= 4 is 28.3 Å². The van der Waals surface area contributed by atoms with Gasteiger partial charge in [0.25, 0.3) is 0 Å². The molecule has 1 amide bonds. The standard InChI is InChI=1S/C22H23F5N6O2.C8H14N2O.C2H6/c1-9-4-5-29-6-7-30-19-13-18(32-21(33-19)34-3)16(24)17(31-20(13)35-9)11-8-12(28)15(23)10(2)14(11)22(25,26)27;1-9-5-7-3-2-4-10(7)6-8(9)11;1-2/h8-9,29H,4-7,28H2,1-3H3,(H,30,32,33);7H,2-6H2,1H3;1-2H3. The molecule has 3 aliphatic heterocycles. The molecular formula is C32H43F5N8O3. The molecule has 0 spiro atoms. The summed E-state index contributed by atoms with van der Waals surface area (Å²) in [6.45, 7) is 11.0. The fourth-order valence-corrected chi connectivity index (χ4v) is 5.95. The van der Waals surface area contributed by atoms with Crippen LogP contribution in [0.25, 0.3) is 22.2 Å². The third-order valence-electron chi connectivity index (χ3n) is 8.36. The molecule has 11 nitrogen and oxygen atoms in total. The van der Waals surface area contributed by atoms with Crippen molar-refractivity contribution in [3.63, 3.8) is 0 Å². The van der Waals surface area contributed by atoms with Gasteiger partial charge in [-0.3, -0.25) is 9.69 Å². The van der Waals surface area contributed by atoms with Gasteiger partial charge in [-0.15, -0.1) is 0 Å². The summed E-state index contributed by atoms with van der Waals surface area (Å²) in [5.41, 5.74) is 1.04. The molecule has 2 atom stereocenters. The van der Waals surface area contributed by atoms with Gasteiger partial charge in [0.2, 0.25) is 11.8 Å². The third kappa shape index (κ3) is 7.80. The van der Waals surface area contributed by atoms with Gasteiger partial charge in [0.1, 0.15) is 28.2 Å². The summed E-state index contributed by atoms with van der Waals surface area (Å²) >= 11 is 0. The maximum atomic E-state index is 15.9. The maximum Gasteiger partial charge on any atom is 0.417 e. The normalized spacial score (nSPS) is 19.9. The predicted molar refractivity (Wildman–Crippen MR) is 173 cm³/mol. The number of ether oxygens (including phenoxy) is 2. The number of anilines is 2. The van der Waals surface area contributed by atoms with E-state index in [0.717, 1.165) is 20.0 Å². The Morgan fingerprint density at radius 3 is 2.50 bits per heavy atom. The molecule has 0 saturated carbocycles. The number of nitrogen functional groups attached to an aromatic ring is 1. The largest absolute Gasteiger partial charge is 0.474 e. The highest BCUT2D eigenvalue weighted by molar-refractivity contribution is 5.96. The third-order valence-corrected chi connectivity index (χ3v) is 8.36. The SMILES string of the molecule is CC.CN1CC2CCCN2CC1=O.COc1nc2c3c(nc(-c4cc(N)c(F)c(C)c4C(F)(F)F)c(F)c3n1)OC(C)CCNCCN2. The quantitative estimate of drug-likeness (QED) is 0.251. The zero-order valence-corrected chi connectivity index (χ0v) is 28.0. The second kappa shape index (κ2) is 15.4. The van der Waals surface area contributed by atoms with Crippen LogP contribution >= 0.6 is 0 Å². The molecular weight excluding hydrogens is 639 g/mol. The van der Waals surface area contributed by atoms with E-state index in [4.69, 9.17) is 15.2 Å². The molecule has 5 heterocycles. The van der Waals surface area contributed by atoms with Gasteiger partial charge in [0, 0.05) is 38.3 Å². The molecule has 3 aromatic rings. The van der Waals surface area contributed by atoms with E-state index in [9.17, 15) is 22.4 Å². The van der Waals surface area contributed by atoms with Crippen LogP contribution in [-0.4, -0.2) is 96.2 Å². The summed E-state index contributed by atoms with van der Waals surface area (Å²) in [6, 6.07) is 1.16. The van der Waals surface area contributed by atoms with Crippen LogP contribution in [-0.2, 0) is 11.0 Å². The van der Waals surface area contributed by atoms with E-state index in [2.05, 4.69) is 30.5 Å². The van der Waals surface area contributed by atoms with Gasteiger partial charge in [-0.25, -0.2) is 13.8 Å². The maximum absolute atomic E-state index is 15.9. The first-order chi connectivity index (χ1) is 22.8. The first-order valence-corrected chi connectivity index (χ1v) is 16.0. The molecule has 2 unspecified atom stereocenters. The molecule has 0 radical (unpaired) electrons. The number of fused-ring (bicyclic) bond motifs is 1. The Morgan fingerprint density at radius 2 is 1.81 bits per heavy atom. The number of rotatable bonds is 2. The van der Waals surface area contributed by atoms with Crippen molar-refractivity contribution in [1.29, 1.82) is 0 Å². The number of hydrogen-bond donors (Lipinski definition) is 3. The van der Waals surface area contributed by atoms with Gasteiger partial charge in [-0.05, 0) is 57.8 Å². The highest BCUT2D eigenvalue weighted by Gasteiger charge is 2.39. The van der Waals surface area contributed by atoms with Gasteiger partial charge in [-0.2, -0.15) is 23.1 Å². The molecule has 4 N–H and O–H groups in total. The topological polar surface area (TPSA) is 131 Å². The van der Waals surface area contributed by atoms with E-state index < -0.39 is 52.0 Å². The molecule has 0 aliphatic carbocycles. The number of pyridine rings is 1. The molecule has 2 fully saturated rings. The number of hydrogen-bond acceptors (Lipinski definition) is 10. The molecule has 3 aliphatic rings. The van der Waals surface area contributed by atoms with E-state index in [-0.39, 0.29) is 34.5 Å². The zero-order chi connectivity index (χ0) is 35.3. The van der Waals surface area contributed by atoms with E-state index in [1.165, 1.54) is 20.0 Å². The van der Waals surface area contributed by atoms with Crippen LogP contribution in [0.5, 0.6) is 11.9 Å². The smallest absolute Gasteiger partial charge is 0.417 e. The number of carbonyl (C=O) groups excluding carboxylic acids is 1. The number of nitrogens with one attached hydrogen (secondary N) is 2. The number of halogens is 5. The molecule has 16 heteroatoms. The summed E-state index contributed by atoms with van der Waals surface area (Å²) in [5.74, 6) is -2.18. The number of likely N-dealkylation sites (N-methyl/N-ethyl adjacent to an activating group) is 1. The Bertz CT molecular complexity index is 1620. The van der Waals surface area contributed by atoms with Gasteiger partial charge < -0.3 is 30.7 Å². The summed E-state index contributed by atoms with van der Waals surface area (Å²) in [6.07, 6.45) is -2.37. The van der Waals surface area contributed by atoms with Crippen molar-refractivity contribution in [2.24, 2.45) is 0 Å². The Hall–Kier alpha value is -4.05. The van der Waals surface area contributed by atoms with Crippen molar-refractivity contribution in [2.45, 2.75) is 65.3 Å². The molecule has 48 heavy (non-hydrogen) atoms. The van der Waals surface area contributed by atoms with Crippen LogP contribution in [0, 0.1) is 18.6 Å². The van der Waals surface area contributed by atoms with Gasteiger partial charge in [0.05, 0.1) is 31.0 Å². The number of benzene rings is 1. The van der Waals surface area contributed by atoms with Crippen LogP contribution in [0.15, 0.2) is 6.07 Å². The highest BCUT2D eigenvalue weighted by atomic mass is 19.4. The molecule has 2 saturated heterocycles. The van der Waals surface area contributed by atoms with E-state index in [1.54, 1.807) is 6.92 Å². The Kier molecular flexibility index (Phi) is 11.8. The fourth-order valence-electron chi connectivity index (χ4n) is 5.95. The lowest BCUT2D eigenvalue weighted by Gasteiger charge is -2.34. The lowest BCUT2D eigenvalue weighted by atomic mass is 9.96.